The minimum absolute atomic E-state index is 0.0951. The Morgan fingerprint density at radius 1 is 1.50 bits per heavy atom. The van der Waals surface area contributed by atoms with Gasteiger partial charge in [0.1, 0.15) is 0 Å². The maximum atomic E-state index is 12.0. The first kappa shape index (κ1) is 18.6. The van der Waals surface area contributed by atoms with Gasteiger partial charge >= 0.3 is 0 Å². The number of aliphatic hydroxyl groups is 1. The molecule has 1 unspecified atom stereocenters. The van der Waals surface area contributed by atoms with Gasteiger partial charge in [-0.2, -0.15) is 5.10 Å². The van der Waals surface area contributed by atoms with Crippen LogP contribution < -0.4 is 11.1 Å². The lowest BCUT2D eigenvalue weighted by Gasteiger charge is -2.19. The van der Waals surface area contributed by atoms with E-state index in [1.807, 2.05) is 38.2 Å². The Kier molecular flexibility index (Phi) is 6.53. The molecule has 0 aliphatic heterocycles. The monoisotopic (exact) mass is 368 g/mol. The van der Waals surface area contributed by atoms with E-state index in [2.05, 4.69) is 10.4 Å². The van der Waals surface area contributed by atoms with Crippen molar-refractivity contribution in [3.8, 4) is 0 Å². The molecule has 0 aromatic carbocycles. The van der Waals surface area contributed by atoms with Crippen LogP contribution in [0.4, 0.5) is 0 Å². The van der Waals surface area contributed by atoms with Crippen molar-refractivity contribution in [2.75, 3.05) is 12.4 Å². The molecular weight excluding hydrogens is 348 g/mol. The summed E-state index contributed by atoms with van der Waals surface area (Å²) in [5.74, 6) is 0.0829. The fraction of sp³-hybridized carbons (Fsp3) is 0.375. The normalized spacial score (nSPS) is 13.9. The third kappa shape index (κ3) is 4.43. The summed E-state index contributed by atoms with van der Waals surface area (Å²) in [4.78, 5) is 12.0. The SMILES string of the molecule is CC(C)C(CO)NC(=O)CSC(Cl)=C(N)c1cnn2ccccc12. The Morgan fingerprint density at radius 2 is 2.25 bits per heavy atom. The van der Waals surface area contributed by atoms with Gasteiger partial charge in [0.15, 0.2) is 0 Å². The summed E-state index contributed by atoms with van der Waals surface area (Å²) in [6, 6.07) is 5.39. The number of pyridine rings is 1. The molecule has 0 aliphatic carbocycles. The fourth-order valence-corrected chi connectivity index (χ4v) is 3.00. The second-order valence-electron chi connectivity index (χ2n) is 5.67. The van der Waals surface area contributed by atoms with E-state index >= 15 is 0 Å². The van der Waals surface area contributed by atoms with Crippen molar-refractivity contribution >= 4 is 40.5 Å². The van der Waals surface area contributed by atoms with Crippen LogP contribution >= 0.6 is 23.4 Å². The average molecular weight is 369 g/mol. The predicted octanol–water partition coefficient (Wildman–Crippen LogP) is 2.02. The Balaban J connectivity index is 2.04. The molecule has 4 N–H and O–H groups in total. The third-order valence-corrected chi connectivity index (χ3v) is 5.02. The first-order valence-corrected chi connectivity index (χ1v) is 8.91. The van der Waals surface area contributed by atoms with Gasteiger partial charge in [-0.25, -0.2) is 4.52 Å². The number of thioether (sulfide) groups is 1. The summed E-state index contributed by atoms with van der Waals surface area (Å²) in [5.41, 5.74) is 8.07. The molecule has 0 bridgehead atoms. The van der Waals surface area contributed by atoms with Crippen molar-refractivity contribution < 1.29 is 9.90 Å². The molecule has 8 heteroatoms. The second-order valence-corrected chi connectivity index (χ2v) is 7.25. The highest BCUT2D eigenvalue weighted by atomic mass is 35.5. The lowest BCUT2D eigenvalue weighted by molar-refractivity contribution is -0.119. The number of nitrogens with two attached hydrogens (primary N) is 1. The number of carbonyl (C=O) groups excluding carboxylic acids is 1. The molecule has 0 fully saturated rings. The zero-order chi connectivity index (χ0) is 17.7. The molecule has 0 saturated carbocycles. The van der Waals surface area contributed by atoms with E-state index in [0.717, 1.165) is 22.8 Å². The Bertz CT molecular complexity index is 745. The molecule has 0 spiro atoms. The first-order valence-electron chi connectivity index (χ1n) is 7.55. The molecule has 0 aliphatic rings. The van der Waals surface area contributed by atoms with Gasteiger partial charge < -0.3 is 16.2 Å². The van der Waals surface area contributed by atoms with Crippen LogP contribution in [0.5, 0.6) is 0 Å². The minimum Gasteiger partial charge on any atom is -0.396 e. The summed E-state index contributed by atoms with van der Waals surface area (Å²) in [6.45, 7) is 3.77. The van der Waals surface area contributed by atoms with Gasteiger partial charge in [-0.1, -0.05) is 31.5 Å². The number of rotatable bonds is 7. The van der Waals surface area contributed by atoms with Crippen LogP contribution in [-0.4, -0.2) is 39.0 Å². The standard InChI is InChI=1S/C16H21ClN4O2S/c1-10(2)12(8-22)20-14(23)9-24-16(17)15(18)11-7-19-21-6-4-3-5-13(11)21/h3-7,10,12,22H,8-9,18H2,1-2H3,(H,20,23). The van der Waals surface area contributed by atoms with E-state index in [1.165, 1.54) is 0 Å². The summed E-state index contributed by atoms with van der Waals surface area (Å²) in [6.07, 6.45) is 3.47. The molecule has 2 aromatic rings. The van der Waals surface area contributed by atoms with Crippen LogP contribution in [0.1, 0.15) is 19.4 Å². The number of amides is 1. The molecule has 1 amide bonds. The van der Waals surface area contributed by atoms with E-state index < -0.39 is 0 Å². The number of aromatic nitrogens is 2. The zero-order valence-electron chi connectivity index (χ0n) is 13.6. The second kappa shape index (κ2) is 8.41. The number of halogens is 1. The summed E-state index contributed by atoms with van der Waals surface area (Å²) < 4.78 is 2.05. The van der Waals surface area contributed by atoms with Gasteiger partial charge in [0.25, 0.3) is 0 Å². The average Bonchev–Trinajstić information content (AvgIpc) is 3.00. The number of aliphatic hydroxyl groups excluding tert-OH is 1. The first-order chi connectivity index (χ1) is 11.4. The summed E-state index contributed by atoms with van der Waals surface area (Å²) >= 11 is 7.40. The topological polar surface area (TPSA) is 92.6 Å². The Morgan fingerprint density at radius 3 is 2.92 bits per heavy atom. The van der Waals surface area contributed by atoms with Crippen molar-refractivity contribution in [2.45, 2.75) is 19.9 Å². The quantitative estimate of drug-likeness (QED) is 0.695. The summed E-state index contributed by atoms with van der Waals surface area (Å²) in [5, 5.41) is 16.2. The zero-order valence-corrected chi connectivity index (χ0v) is 15.1. The van der Waals surface area contributed by atoms with Crippen LogP contribution in [0.15, 0.2) is 35.0 Å². The van der Waals surface area contributed by atoms with E-state index in [0.29, 0.717) is 10.1 Å². The number of carbonyl (C=O) groups is 1. The third-order valence-electron chi connectivity index (χ3n) is 3.61. The van der Waals surface area contributed by atoms with Crippen LogP contribution in [0.2, 0.25) is 0 Å². The number of nitrogens with zero attached hydrogens (tertiary/aromatic N) is 2. The molecule has 0 saturated heterocycles. The van der Waals surface area contributed by atoms with Gasteiger partial charge in [0.05, 0.1) is 40.2 Å². The summed E-state index contributed by atoms with van der Waals surface area (Å²) in [7, 11) is 0. The van der Waals surface area contributed by atoms with Crippen molar-refractivity contribution in [1.82, 2.24) is 14.9 Å². The molecular formula is C16H21ClN4O2S. The van der Waals surface area contributed by atoms with E-state index in [-0.39, 0.29) is 30.2 Å². The molecule has 24 heavy (non-hydrogen) atoms. The van der Waals surface area contributed by atoms with Crippen molar-refractivity contribution in [1.29, 1.82) is 0 Å². The van der Waals surface area contributed by atoms with Gasteiger partial charge in [0, 0.05) is 11.8 Å². The van der Waals surface area contributed by atoms with Gasteiger partial charge in [-0.05, 0) is 18.1 Å². The largest absolute Gasteiger partial charge is 0.396 e. The lowest BCUT2D eigenvalue weighted by atomic mass is 10.1. The van der Waals surface area contributed by atoms with Crippen molar-refractivity contribution in [2.24, 2.45) is 11.7 Å². The maximum absolute atomic E-state index is 12.0. The Hall–Kier alpha value is -1.70. The maximum Gasteiger partial charge on any atom is 0.230 e. The van der Waals surface area contributed by atoms with Crippen LogP contribution in [0, 0.1) is 5.92 Å². The van der Waals surface area contributed by atoms with Crippen LogP contribution in [-0.2, 0) is 4.79 Å². The molecule has 1 atom stereocenters. The molecule has 130 valence electrons. The van der Waals surface area contributed by atoms with Gasteiger partial charge in [0.2, 0.25) is 5.91 Å². The molecule has 2 rings (SSSR count). The highest BCUT2D eigenvalue weighted by Crippen LogP contribution is 2.28. The number of fused-ring (bicyclic) bond motifs is 1. The van der Waals surface area contributed by atoms with Crippen molar-refractivity contribution in [3.05, 3.63) is 40.5 Å². The number of nitrogens with one attached hydrogen (secondary N) is 1. The lowest BCUT2D eigenvalue weighted by Crippen LogP contribution is -2.42. The highest BCUT2D eigenvalue weighted by molar-refractivity contribution is 8.05. The van der Waals surface area contributed by atoms with E-state index in [9.17, 15) is 9.90 Å². The molecule has 2 aromatic heterocycles. The smallest absolute Gasteiger partial charge is 0.230 e. The van der Waals surface area contributed by atoms with E-state index in [4.69, 9.17) is 17.3 Å². The number of hydrogen-bond acceptors (Lipinski definition) is 5. The van der Waals surface area contributed by atoms with Crippen LogP contribution in [0.25, 0.3) is 11.2 Å². The molecule has 6 nitrogen and oxygen atoms in total. The Labute approximate surface area is 150 Å². The van der Waals surface area contributed by atoms with E-state index in [1.54, 1.807) is 10.7 Å². The molecule has 2 heterocycles. The predicted molar refractivity (Wildman–Crippen MR) is 98.5 cm³/mol. The number of hydrogen-bond donors (Lipinski definition) is 3. The van der Waals surface area contributed by atoms with Crippen LogP contribution in [0.3, 0.4) is 0 Å². The minimum atomic E-state index is -0.266. The highest BCUT2D eigenvalue weighted by Gasteiger charge is 2.16. The fourth-order valence-electron chi connectivity index (χ4n) is 2.13. The molecule has 0 radical (unpaired) electrons. The van der Waals surface area contributed by atoms with Gasteiger partial charge in [-0.15, -0.1) is 11.8 Å². The van der Waals surface area contributed by atoms with Gasteiger partial charge in [-0.3, -0.25) is 4.79 Å². The van der Waals surface area contributed by atoms with Crippen molar-refractivity contribution in [3.63, 3.8) is 0 Å².